The summed E-state index contributed by atoms with van der Waals surface area (Å²) in [5.41, 5.74) is 0.634. The summed E-state index contributed by atoms with van der Waals surface area (Å²) >= 11 is 0. The van der Waals surface area contributed by atoms with Gasteiger partial charge in [0.25, 0.3) is 5.91 Å². The second-order valence-electron chi connectivity index (χ2n) is 6.87. The normalized spacial score (nSPS) is 26.1. The standard InChI is InChI=1S/C17H28N4O2/c22-16-6-4-15(5-7-16)19-17(23)14-12-18-21(13-14)11-10-20-8-2-1-3-9-20/h12-13,15-16,22H,1-11H2,(H,19,23). The Labute approximate surface area is 137 Å². The summed E-state index contributed by atoms with van der Waals surface area (Å²) in [6, 6.07) is 0.183. The number of piperidine rings is 1. The second kappa shape index (κ2) is 7.93. The number of hydrogen-bond acceptors (Lipinski definition) is 4. The molecule has 6 heteroatoms. The molecule has 6 nitrogen and oxygen atoms in total. The van der Waals surface area contributed by atoms with Gasteiger partial charge in [-0.05, 0) is 51.6 Å². The van der Waals surface area contributed by atoms with Gasteiger partial charge in [-0.1, -0.05) is 6.42 Å². The minimum atomic E-state index is -0.194. The Morgan fingerprint density at radius 3 is 2.65 bits per heavy atom. The topological polar surface area (TPSA) is 70.4 Å². The summed E-state index contributed by atoms with van der Waals surface area (Å²) in [4.78, 5) is 14.7. The highest BCUT2D eigenvalue weighted by Crippen LogP contribution is 2.18. The number of hydrogen-bond donors (Lipinski definition) is 2. The van der Waals surface area contributed by atoms with Crippen LogP contribution in [-0.2, 0) is 6.54 Å². The number of aliphatic hydroxyl groups excluding tert-OH is 1. The molecule has 0 aromatic carbocycles. The SMILES string of the molecule is O=C(NC1CCC(O)CC1)c1cnn(CCN2CCCCC2)c1. The monoisotopic (exact) mass is 320 g/mol. The summed E-state index contributed by atoms with van der Waals surface area (Å²) in [6.07, 6.45) is 10.5. The minimum Gasteiger partial charge on any atom is -0.393 e. The van der Waals surface area contributed by atoms with E-state index in [9.17, 15) is 9.90 Å². The van der Waals surface area contributed by atoms with Gasteiger partial charge in [0.15, 0.2) is 0 Å². The molecule has 0 bridgehead atoms. The van der Waals surface area contributed by atoms with E-state index in [-0.39, 0.29) is 18.1 Å². The smallest absolute Gasteiger partial charge is 0.254 e. The van der Waals surface area contributed by atoms with Crippen LogP contribution in [0.5, 0.6) is 0 Å². The maximum atomic E-state index is 12.3. The first kappa shape index (κ1) is 16.5. The molecular formula is C17H28N4O2. The number of carbonyl (C=O) groups is 1. The van der Waals surface area contributed by atoms with Crippen molar-refractivity contribution >= 4 is 5.91 Å². The van der Waals surface area contributed by atoms with Gasteiger partial charge in [-0.2, -0.15) is 5.10 Å². The lowest BCUT2D eigenvalue weighted by atomic mass is 9.93. The van der Waals surface area contributed by atoms with Crippen LogP contribution in [0.1, 0.15) is 55.3 Å². The number of rotatable bonds is 5. The molecule has 1 aromatic rings. The summed E-state index contributed by atoms with van der Waals surface area (Å²) in [5.74, 6) is -0.0457. The molecule has 23 heavy (non-hydrogen) atoms. The molecule has 128 valence electrons. The van der Waals surface area contributed by atoms with Crippen LogP contribution in [-0.4, -0.2) is 57.5 Å². The van der Waals surface area contributed by atoms with Gasteiger partial charge in [-0.3, -0.25) is 9.48 Å². The summed E-state index contributed by atoms with van der Waals surface area (Å²) < 4.78 is 1.87. The van der Waals surface area contributed by atoms with Gasteiger partial charge in [0.2, 0.25) is 0 Å². The van der Waals surface area contributed by atoms with Crippen LogP contribution < -0.4 is 5.32 Å². The summed E-state index contributed by atoms with van der Waals surface area (Å²) in [6.45, 7) is 4.20. The average molecular weight is 320 g/mol. The predicted molar refractivity (Wildman–Crippen MR) is 88.2 cm³/mol. The zero-order valence-electron chi connectivity index (χ0n) is 13.8. The van der Waals surface area contributed by atoms with Crippen molar-refractivity contribution in [1.82, 2.24) is 20.0 Å². The molecular weight excluding hydrogens is 292 g/mol. The second-order valence-corrected chi connectivity index (χ2v) is 6.87. The number of nitrogens with one attached hydrogen (secondary N) is 1. The van der Waals surface area contributed by atoms with Crippen molar-refractivity contribution in [2.24, 2.45) is 0 Å². The fourth-order valence-corrected chi connectivity index (χ4v) is 3.52. The van der Waals surface area contributed by atoms with Crippen molar-refractivity contribution in [2.75, 3.05) is 19.6 Å². The predicted octanol–water partition coefficient (Wildman–Crippen LogP) is 1.40. The van der Waals surface area contributed by atoms with E-state index in [1.54, 1.807) is 6.20 Å². The highest BCUT2D eigenvalue weighted by Gasteiger charge is 2.21. The van der Waals surface area contributed by atoms with E-state index in [0.717, 1.165) is 38.8 Å². The average Bonchev–Trinajstić information content (AvgIpc) is 3.05. The maximum absolute atomic E-state index is 12.3. The molecule has 2 fully saturated rings. The highest BCUT2D eigenvalue weighted by molar-refractivity contribution is 5.93. The Balaban J connectivity index is 1.45. The van der Waals surface area contributed by atoms with Crippen LogP contribution in [0.4, 0.5) is 0 Å². The third kappa shape index (κ3) is 4.78. The Kier molecular flexibility index (Phi) is 5.67. The van der Waals surface area contributed by atoms with Crippen LogP contribution in [0.2, 0.25) is 0 Å². The van der Waals surface area contributed by atoms with Crippen LogP contribution in [0.25, 0.3) is 0 Å². The third-order valence-electron chi connectivity index (χ3n) is 5.02. The Bertz CT molecular complexity index is 502. The van der Waals surface area contributed by atoms with Crippen molar-refractivity contribution in [3.05, 3.63) is 18.0 Å². The first-order chi connectivity index (χ1) is 11.2. The molecule has 1 saturated heterocycles. The van der Waals surface area contributed by atoms with Gasteiger partial charge in [-0.15, -0.1) is 0 Å². The Morgan fingerprint density at radius 2 is 1.91 bits per heavy atom. The number of aromatic nitrogens is 2. The molecule has 2 N–H and O–H groups in total. The number of nitrogens with zero attached hydrogens (tertiary/aromatic N) is 3. The number of amides is 1. The molecule has 1 aliphatic heterocycles. The van der Waals surface area contributed by atoms with E-state index in [2.05, 4.69) is 15.3 Å². The summed E-state index contributed by atoms with van der Waals surface area (Å²) in [5, 5.41) is 16.9. The molecule has 0 atom stereocenters. The van der Waals surface area contributed by atoms with Crippen LogP contribution in [0.3, 0.4) is 0 Å². The van der Waals surface area contributed by atoms with Crippen molar-refractivity contribution in [3.8, 4) is 0 Å². The van der Waals surface area contributed by atoms with E-state index in [1.807, 2.05) is 10.9 Å². The van der Waals surface area contributed by atoms with Gasteiger partial charge in [0, 0.05) is 18.8 Å². The fourth-order valence-electron chi connectivity index (χ4n) is 3.52. The van der Waals surface area contributed by atoms with Crippen LogP contribution in [0.15, 0.2) is 12.4 Å². The zero-order valence-corrected chi connectivity index (χ0v) is 13.8. The molecule has 3 rings (SSSR count). The lowest BCUT2D eigenvalue weighted by Crippen LogP contribution is -2.38. The molecule has 0 spiro atoms. The largest absolute Gasteiger partial charge is 0.393 e. The Morgan fingerprint density at radius 1 is 1.17 bits per heavy atom. The first-order valence-corrected chi connectivity index (χ1v) is 8.94. The Hall–Kier alpha value is -1.40. The molecule has 1 aliphatic carbocycles. The van der Waals surface area contributed by atoms with Crippen molar-refractivity contribution in [2.45, 2.75) is 63.6 Å². The number of likely N-dealkylation sites (tertiary alicyclic amines) is 1. The fraction of sp³-hybridized carbons (Fsp3) is 0.765. The first-order valence-electron chi connectivity index (χ1n) is 8.94. The zero-order chi connectivity index (χ0) is 16.1. The third-order valence-corrected chi connectivity index (χ3v) is 5.02. The summed E-state index contributed by atoms with van der Waals surface area (Å²) in [7, 11) is 0. The van der Waals surface area contributed by atoms with Gasteiger partial charge in [-0.25, -0.2) is 0 Å². The molecule has 0 unspecified atom stereocenters. The van der Waals surface area contributed by atoms with Crippen LogP contribution >= 0.6 is 0 Å². The maximum Gasteiger partial charge on any atom is 0.254 e. The quantitative estimate of drug-likeness (QED) is 0.860. The lowest BCUT2D eigenvalue weighted by molar-refractivity contribution is 0.0867. The minimum absolute atomic E-state index is 0.0457. The van der Waals surface area contributed by atoms with E-state index in [4.69, 9.17) is 0 Å². The number of carbonyl (C=O) groups excluding carboxylic acids is 1. The van der Waals surface area contributed by atoms with Gasteiger partial charge >= 0.3 is 0 Å². The van der Waals surface area contributed by atoms with Gasteiger partial charge in [0.05, 0.1) is 24.4 Å². The van der Waals surface area contributed by atoms with Crippen molar-refractivity contribution in [3.63, 3.8) is 0 Å². The van der Waals surface area contributed by atoms with E-state index >= 15 is 0 Å². The van der Waals surface area contributed by atoms with E-state index < -0.39 is 0 Å². The molecule has 1 aromatic heterocycles. The molecule has 2 aliphatic rings. The number of aliphatic hydroxyl groups is 1. The highest BCUT2D eigenvalue weighted by atomic mass is 16.3. The van der Waals surface area contributed by atoms with Gasteiger partial charge in [0.1, 0.15) is 0 Å². The molecule has 1 amide bonds. The molecule has 2 heterocycles. The van der Waals surface area contributed by atoms with Gasteiger partial charge < -0.3 is 15.3 Å². The van der Waals surface area contributed by atoms with Crippen molar-refractivity contribution in [1.29, 1.82) is 0 Å². The van der Waals surface area contributed by atoms with Crippen LogP contribution in [0, 0.1) is 0 Å². The molecule has 0 radical (unpaired) electrons. The lowest BCUT2D eigenvalue weighted by Gasteiger charge is -2.26. The van der Waals surface area contributed by atoms with E-state index in [0.29, 0.717) is 5.56 Å². The molecule has 1 saturated carbocycles. The van der Waals surface area contributed by atoms with Crippen molar-refractivity contribution < 1.29 is 9.90 Å². The van der Waals surface area contributed by atoms with E-state index in [1.165, 1.54) is 32.4 Å².